The Morgan fingerprint density at radius 1 is 1.41 bits per heavy atom. The van der Waals surface area contributed by atoms with Gasteiger partial charge >= 0.3 is 5.97 Å². The number of nitrogen functional groups attached to an aromatic ring is 1. The molecule has 0 aromatic carbocycles. The van der Waals surface area contributed by atoms with Crippen LogP contribution < -0.4 is 11.1 Å². The van der Waals surface area contributed by atoms with Crippen molar-refractivity contribution < 1.29 is 24.3 Å². The summed E-state index contributed by atoms with van der Waals surface area (Å²) in [6, 6.07) is 2.90. The Morgan fingerprint density at radius 3 is 2.92 bits per heavy atom. The zero-order valence-corrected chi connectivity index (χ0v) is 22.2. The number of H-pyrrole nitrogens is 1. The second kappa shape index (κ2) is 10.5. The van der Waals surface area contributed by atoms with Crippen molar-refractivity contribution in [2.75, 3.05) is 24.3 Å². The maximum atomic E-state index is 13.0. The van der Waals surface area contributed by atoms with E-state index >= 15 is 0 Å². The van der Waals surface area contributed by atoms with Crippen molar-refractivity contribution in [2.24, 2.45) is 5.16 Å². The molecule has 0 radical (unpaired) electrons. The molecule has 5 heterocycles. The number of carboxylic acid groups (broad SMARTS) is 1. The lowest BCUT2D eigenvalue weighted by atomic mass is 10.0. The fraction of sp³-hybridized carbons (Fsp3) is 0.250. The van der Waals surface area contributed by atoms with Crippen LogP contribution in [-0.4, -0.2) is 83.7 Å². The molecule has 2 aliphatic rings. The number of anilines is 1. The van der Waals surface area contributed by atoms with Crippen LogP contribution >= 0.6 is 46.2 Å². The van der Waals surface area contributed by atoms with Crippen LogP contribution in [0.4, 0.5) is 5.13 Å². The molecule has 1 fully saturated rings. The van der Waals surface area contributed by atoms with Gasteiger partial charge in [0.15, 0.2) is 16.7 Å². The van der Waals surface area contributed by atoms with E-state index in [1.807, 2.05) is 17.5 Å². The van der Waals surface area contributed by atoms with Gasteiger partial charge in [-0.1, -0.05) is 23.0 Å². The zero-order valence-electron chi connectivity index (χ0n) is 18.9. The number of hydrogen-bond acceptors (Lipinski definition) is 13. The number of rotatable bonds is 9. The lowest BCUT2D eigenvalue weighted by Gasteiger charge is -2.49. The zero-order chi connectivity index (χ0) is 26.1. The summed E-state index contributed by atoms with van der Waals surface area (Å²) in [5.74, 6) is -1.14. The third-order valence-corrected chi connectivity index (χ3v) is 9.12. The molecule has 192 valence electrons. The van der Waals surface area contributed by atoms with Gasteiger partial charge in [-0.25, -0.2) is 14.8 Å². The number of oxime groups is 1. The number of nitrogens with zero attached hydrogens (tertiary/aromatic N) is 5. The predicted molar refractivity (Wildman–Crippen MR) is 140 cm³/mol. The minimum absolute atomic E-state index is 0.0844. The average molecular weight is 579 g/mol. The smallest absolute Gasteiger partial charge is 0.352 e. The van der Waals surface area contributed by atoms with Gasteiger partial charge in [0.05, 0.1) is 4.88 Å². The second-order valence-electron chi connectivity index (χ2n) is 7.54. The number of hydrogen-bond donors (Lipinski definition) is 4. The van der Waals surface area contributed by atoms with Crippen LogP contribution in [0.3, 0.4) is 0 Å². The number of thiophene rings is 1. The van der Waals surface area contributed by atoms with E-state index < -0.39 is 29.2 Å². The molecule has 2 aliphatic heterocycles. The molecular weight excluding hydrogens is 561 g/mol. The van der Waals surface area contributed by atoms with Crippen LogP contribution in [0.1, 0.15) is 5.69 Å². The number of β-lactam (4-membered cyclic amide) rings is 1. The van der Waals surface area contributed by atoms with Gasteiger partial charge in [-0.05, 0) is 17.0 Å². The Kier molecular flexibility index (Phi) is 7.18. The first kappa shape index (κ1) is 25.2. The second-order valence-corrected chi connectivity index (χ2v) is 11.4. The number of nitrogens with two attached hydrogens (primary N) is 1. The van der Waals surface area contributed by atoms with Gasteiger partial charge in [0, 0.05) is 16.9 Å². The fourth-order valence-corrected chi connectivity index (χ4v) is 7.18. The summed E-state index contributed by atoms with van der Waals surface area (Å²) in [5, 5.41) is 26.9. The van der Waals surface area contributed by atoms with Crippen LogP contribution in [0.5, 0.6) is 0 Å². The molecule has 37 heavy (non-hydrogen) atoms. The number of nitrogens with one attached hydrogen (secondary N) is 2. The Hall–Kier alpha value is -3.41. The number of amides is 2. The number of aromatic amines is 1. The Bertz CT molecular complexity index is 1420. The summed E-state index contributed by atoms with van der Waals surface area (Å²) in [6.45, 7) is 0. The van der Waals surface area contributed by atoms with E-state index in [9.17, 15) is 19.5 Å². The number of aromatic nitrogens is 4. The molecule has 2 amide bonds. The molecule has 0 unspecified atom stereocenters. The minimum Gasteiger partial charge on any atom is -0.477 e. The number of carbonyl (C=O) groups is 3. The molecule has 2 atom stereocenters. The molecule has 17 heteroatoms. The van der Waals surface area contributed by atoms with Crippen LogP contribution in [0, 0.1) is 0 Å². The van der Waals surface area contributed by atoms with Gasteiger partial charge in [-0.2, -0.15) is 0 Å². The molecule has 3 aromatic rings. The number of fused-ring (bicyclic) bond motifs is 1. The Morgan fingerprint density at radius 2 is 2.24 bits per heavy atom. The third-order valence-electron chi connectivity index (χ3n) is 5.29. The lowest BCUT2D eigenvalue weighted by molar-refractivity contribution is -0.150. The molecule has 1 saturated heterocycles. The molecule has 0 bridgehead atoms. The monoisotopic (exact) mass is 578 g/mol. The summed E-state index contributed by atoms with van der Waals surface area (Å²) in [5.41, 5.74) is 6.20. The van der Waals surface area contributed by atoms with Crippen molar-refractivity contribution in [1.29, 1.82) is 0 Å². The highest BCUT2D eigenvalue weighted by Crippen LogP contribution is 2.41. The Balaban J connectivity index is 1.28. The van der Waals surface area contributed by atoms with Crippen molar-refractivity contribution in [2.45, 2.75) is 16.6 Å². The summed E-state index contributed by atoms with van der Waals surface area (Å²) < 4.78 is 0. The topological polar surface area (TPSA) is 189 Å². The summed E-state index contributed by atoms with van der Waals surface area (Å²) in [4.78, 5) is 53.4. The van der Waals surface area contributed by atoms with E-state index in [-0.39, 0.29) is 22.2 Å². The standard InChI is InChI=1S/C20H18N8O5S4/c1-33-27-11(9-7-36-19(21)22-9)15(29)23-12-16(30)28-13(18(31)32)8(5-35-17(12)28)6-37-20-24-14(25-26-20)10-3-2-4-34-10/h2-4,7,12,17H,5-6H2,1H3,(H2,21,22)(H,23,29)(H,31,32)(H,24,25,26)/b27-11-/t12-,17-/m1/s1. The quantitative estimate of drug-likeness (QED) is 0.124. The molecule has 3 aromatic heterocycles. The van der Waals surface area contributed by atoms with E-state index in [2.05, 4.69) is 30.6 Å². The van der Waals surface area contributed by atoms with Crippen LogP contribution in [0.15, 0.2) is 44.5 Å². The van der Waals surface area contributed by atoms with Crippen LogP contribution in [0.25, 0.3) is 10.7 Å². The highest BCUT2D eigenvalue weighted by Gasteiger charge is 2.54. The molecule has 0 spiro atoms. The molecule has 5 N–H and O–H groups in total. The molecule has 0 aliphatic carbocycles. The van der Waals surface area contributed by atoms with E-state index in [0.717, 1.165) is 16.2 Å². The van der Waals surface area contributed by atoms with Gasteiger partial charge in [-0.15, -0.1) is 39.5 Å². The van der Waals surface area contributed by atoms with Gasteiger partial charge in [0.25, 0.3) is 11.8 Å². The highest BCUT2D eigenvalue weighted by atomic mass is 32.2. The SMILES string of the molecule is CO/N=C(\C(=O)N[C@@H]1C(=O)N2C(C(=O)O)=C(CSc3n[nH]c(-c4cccs4)n3)CS[C@H]12)c1csc(N)n1. The van der Waals surface area contributed by atoms with E-state index in [1.165, 1.54) is 46.9 Å². The predicted octanol–water partition coefficient (Wildman–Crippen LogP) is 1.45. The van der Waals surface area contributed by atoms with Crippen LogP contribution in [0.2, 0.25) is 0 Å². The highest BCUT2D eigenvalue weighted by molar-refractivity contribution is 8.01. The van der Waals surface area contributed by atoms with Gasteiger partial charge in [-0.3, -0.25) is 19.6 Å². The molecule has 5 rings (SSSR count). The van der Waals surface area contributed by atoms with Crippen LogP contribution in [-0.2, 0) is 19.2 Å². The van der Waals surface area contributed by atoms with E-state index in [1.54, 1.807) is 5.38 Å². The molecular formula is C20H18N8O5S4. The van der Waals surface area contributed by atoms with E-state index in [4.69, 9.17) is 10.6 Å². The van der Waals surface area contributed by atoms with Crippen molar-refractivity contribution in [3.8, 4) is 10.7 Å². The first-order valence-electron chi connectivity index (χ1n) is 10.5. The average Bonchev–Trinajstić information content (AvgIpc) is 3.65. The molecule has 0 saturated carbocycles. The maximum absolute atomic E-state index is 13.0. The normalized spacial score (nSPS) is 19.4. The summed E-state index contributed by atoms with van der Waals surface area (Å²) in [6.07, 6.45) is 0. The summed E-state index contributed by atoms with van der Waals surface area (Å²) >= 11 is 5.30. The van der Waals surface area contributed by atoms with Gasteiger partial charge in [0.1, 0.15) is 29.9 Å². The number of aliphatic carboxylic acids is 1. The first-order valence-corrected chi connectivity index (χ1v) is 14.3. The maximum Gasteiger partial charge on any atom is 0.352 e. The first-order chi connectivity index (χ1) is 17.9. The number of carboxylic acids is 1. The number of thiazole rings is 1. The van der Waals surface area contributed by atoms with Gasteiger partial charge in [0.2, 0.25) is 5.16 Å². The fourth-order valence-electron chi connectivity index (χ4n) is 3.68. The van der Waals surface area contributed by atoms with Crippen molar-refractivity contribution in [3.63, 3.8) is 0 Å². The number of thioether (sulfide) groups is 2. The van der Waals surface area contributed by atoms with Crippen molar-refractivity contribution in [3.05, 3.63) is 39.9 Å². The van der Waals surface area contributed by atoms with E-state index in [0.29, 0.717) is 28.1 Å². The van der Waals surface area contributed by atoms with Crippen molar-refractivity contribution in [1.82, 2.24) is 30.4 Å². The lowest BCUT2D eigenvalue weighted by Crippen LogP contribution is -2.71. The largest absolute Gasteiger partial charge is 0.477 e. The number of carbonyl (C=O) groups excluding carboxylic acids is 2. The van der Waals surface area contributed by atoms with Crippen molar-refractivity contribution >= 4 is 74.8 Å². The molecule has 13 nitrogen and oxygen atoms in total. The Labute approximate surface area is 225 Å². The van der Waals surface area contributed by atoms with Gasteiger partial charge < -0.3 is 21.0 Å². The summed E-state index contributed by atoms with van der Waals surface area (Å²) in [7, 11) is 1.28. The third kappa shape index (κ3) is 4.94. The minimum atomic E-state index is -1.21.